The maximum absolute atomic E-state index is 12.9. The number of aromatic nitrogens is 3. The highest BCUT2D eigenvalue weighted by Gasteiger charge is 2.05. The summed E-state index contributed by atoms with van der Waals surface area (Å²) < 4.78 is 14.6. The summed E-state index contributed by atoms with van der Waals surface area (Å²) in [6, 6.07) is 4.24. The Bertz CT molecular complexity index is 713. The molecule has 0 radical (unpaired) electrons. The monoisotopic (exact) mass is 203 g/mol. The van der Waals surface area contributed by atoms with Crippen LogP contribution in [0.25, 0.3) is 16.7 Å². The zero-order chi connectivity index (χ0) is 10.4. The Balaban J connectivity index is 2.66. The average Bonchev–Trinajstić information content (AvgIpc) is 2.66. The number of rotatable bonds is 0. The van der Waals surface area contributed by atoms with Crippen LogP contribution in [0, 0.1) is 5.82 Å². The number of aromatic amines is 1. The Morgan fingerprint density at radius 1 is 1.40 bits per heavy atom. The molecule has 0 fully saturated rings. The second kappa shape index (κ2) is 2.66. The minimum absolute atomic E-state index is 0.314. The number of benzene rings is 1. The smallest absolute Gasteiger partial charge is 0.292 e. The number of hydrogen-bond acceptors (Lipinski definition) is 2. The number of nitrogens with zero attached hydrogens (tertiary/aromatic N) is 2. The summed E-state index contributed by atoms with van der Waals surface area (Å²) in [4.78, 5) is 18.0. The van der Waals surface area contributed by atoms with Crippen LogP contribution >= 0.6 is 0 Å². The van der Waals surface area contributed by atoms with Gasteiger partial charge in [-0.05, 0) is 18.2 Å². The highest BCUT2D eigenvalue weighted by atomic mass is 19.1. The second-order valence-electron chi connectivity index (χ2n) is 3.24. The van der Waals surface area contributed by atoms with Crippen molar-refractivity contribution >= 4 is 16.7 Å². The SMILES string of the molecule is O=c1[nH]c2cc(F)ccc2n2ccnc12. The topological polar surface area (TPSA) is 50.2 Å². The third-order valence-electron chi connectivity index (χ3n) is 2.31. The number of fused-ring (bicyclic) bond motifs is 3. The molecule has 74 valence electrons. The molecule has 2 heterocycles. The van der Waals surface area contributed by atoms with E-state index >= 15 is 0 Å². The molecule has 3 rings (SSSR count). The zero-order valence-corrected chi connectivity index (χ0v) is 7.57. The van der Waals surface area contributed by atoms with Gasteiger partial charge >= 0.3 is 0 Å². The average molecular weight is 203 g/mol. The molecule has 0 saturated heterocycles. The number of halogens is 1. The molecule has 4 nitrogen and oxygen atoms in total. The number of nitrogens with one attached hydrogen (secondary N) is 1. The van der Waals surface area contributed by atoms with E-state index < -0.39 is 0 Å². The Hall–Kier alpha value is -2.17. The quantitative estimate of drug-likeness (QED) is 0.599. The maximum atomic E-state index is 12.9. The predicted molar refractivity (Wildman–Crippen MR) is 53.3 cm³/mol. The Kier molecular flexibility index (Phi) is 1.45. The van der Waals surface area contributed by atoms with Gasteiger partial charge in [-0.2, -0.15) is 0 Å². The van der Waals surface area contributed by atoms with Crippen molar-refractivity contribution < 1.29 is 4.39 Å². The Morgan fingerprint density at radius 2 is 2.27 bits per heavy atom. The molecule has 1 N–H and O–H groups in total. The third-order valence-corrected chi connectivity index (χ3v) is 2.31. The summed E-state index contributed by atoms with van der Waals surface area (Å²) in [6.45, 7) is 0. The Morgan fingerprint density at radius 3 is 3.13 bits per heavy atom. The van der Waals surface area contributed by atoms with Crippen molar-refractivity contribution in [1.82, 2.24) is 14.4 Å². The molecule has 0 aliphatic heterocycles. The highest BCUT2D eigenvalue weighted by Crippen LogP contribution is 2.12. The van der Waals surface area contributed by atoms with Gasteiger partial charge in [0, 0.05) is 12.4 Å². The zero-order valence-electron chi connectivity index (χ0n) is 7.57. The van der Waals surface area contributed by atoms with Gasteiger partial charge in [0.15, 0.2) is 0 Å². The maximum Gasteiger partial charge on any atom is 0.292 e. The number of H-pyrrole nitrogens is 1. The molecule has 15 heavy (non-hydrogen) atoms. The molecule has 0 bridgehead atoms. The van der Waals surface area contributed by atoms with Crippen LogP contribution in [0.1, 0.15) is 0 Å². The fourth-order valence-corrected chi connectivity index (χ4v) is 1.66. The second-order valence-corrected chi connectivity index (χ2v) is 3.24. The van der Waals surface area contributed by atoms with Crippen LogP contribution in [-0.4, -0.2) is 14.4 Å². The van der Waals surface area contributed by atoms with Crippen LogP contribution in [0.2, 0.25) is 0 Å². The molecular weight excluding hydrogens is 197 g/mol. The minimum Gasteiger partial charge on any atom is -0.317 e. The van der Waals surface area contributed by atoms with Gasteiger partial charge in [-0.15, -0.1) is 0 Å². The summed E-state index contributed by atoms with van der Waals surface area (Å²) in [5.74, 6) is -0.377. The summed E-state index contributed by atoms with van der Waals surface area (Å²) in [5.41, 5.74) is 1.18. The van der Waals surface area contributed by atoms with Crippen LogP contribution < -0.4 is 5.56 Å². The van der Waals surface area contributed by atoms with Gasteiger partial charge in [0.2, 0.25) is 5.65 Å². The van der Waals surface area contributed by atoms with Crippen molar-refractivity contribution in [3.05, 3.63) is 46.8 Å². The molecule has 0 atom stereocenters. The summed E-state index contributed by atoms with van der Waals surface area (Å²) in [6.07, 6.45) is 3.21. The lowest BCUT2D eigenvalue weighted by Crippen LogP contribution is -2.10. The third kappa shape index (κ3) is 1.06. The molecule has 0 unspecified atom stereocenters. The van der Waals surface area contributed by atoms with Crippen molar-refractivity contribution in [3.63, 3.8) is 0 Å². The van der Waals surface area contributed by atoms with Crippen LogP contribution in [0.4, 0.5) is 4.39 Å². The van der Waals surface area contributed by atoms with E-state index in [1.165, 1.54) is 18.3 Å². The van der Waals surface area contributed by atoms with Gasteiger partial charge in [-0.25, -0.2) is 9.37 Å². The number of hydrogen-bond donors (Lipinski definition) is 1. The first-order valence-electron chi connectivity index (χ1n) is 4.40. The fraction of sp³-hybridized carbons (Fsp3) is 0. The first kappa shape index (κ1) is 8.16. The van der Waals surface area contributed by atoms with Crippen LogP contribution in [0.3, 0.4) is 0 Å². The molecule has 0 saturated carbocycles. The van der Waals surface area contributed by atoms with Crippen molar-refractivity contribution in [2.45, 2.75) is 0 Å². The highest BCUT2D eigenvalue weighted by molar-refractivity contribution is 5.77. The van der Waals surface area contributed by atoms with Crippen LogP contribution in [0.15, 0.2) is 35.4 Å². The van der Waals surface area contributed by atoms with E-state index in [0.717, 1.165) is 5.52 Å². The van der Waals surface area contributed by atoms with Crippen molar-refractivity contribution in [3.8, 4) is 0 Å². The van der Waals surface area contributed by atoms with Crippen molar-refractivity contribution in [1.29, 1.82) is 0 Å². The van der Waals surface area contributed by atoms with Gasteiger partial charge in [-0.1, -0.05) is 0 Å². The Labute approximate surface area is 83.0 Å². The normalized spacial score (nSPS) is 11.3. The predicted octanol–water partition coefficient (Wildman–Crippen LogP) is 1.31. The molecule has 0 aliphatic rings. The van der Waals surface area contributed by atoms with E-state index in [9.17, 15) is 9.18 Å². The van der Waals surface area contributed by atoms with Crippen molar-refractivity contribution in [2.24, 2.45) is 0 Å². The lowest BCUT2D eigenvalue weighted by Gasteiger charge is -2.00. The van der Waals surface area contributed by atoms with Crippen molar-refractivity contribution in [2.75, 3.05) is 0 Å². The largest absolute Gasteiger partial charge is 0.317 e. The fourth-order valence-electron chi connectivity index (χ4n) is 1.66. The van der Waals surface area contributed by atoms with E-state index in [2.05, 4.69) is 9.97 Å². The van der Waals surface area contributed by atoms with Gasteiger partial charge in [-0.3, -0.25) is 9.20 Å². The molecule has 2 aromatic heterocycles. The summed E-state index contributed by atoms with van der Waals surface area (Å²) in [5, 5.41) is 0. The van der Waals surface area contributed by atoms with E-state index in [0.29, 0.717) is 11.2 Å². The van der Waals surface area contributed by atoms with E-state index in [1.54, 1.807) is 16.7 Å². The molecule has 0 spiro atoms. The first-order valence-corrected chi connectivity index (χ1v) is 4.40. The number of imidazole rings is 1. The molecule has 0 aliphatic carbocycles. The summed E-state index contributed by atoms with van der Waals surface area (Å²) in [7, 11) is 0. The van der Waals surface area contributed by atoms with E-state index in [-0.39, 0.29) is 11.4 Å². The van der Waals surface area contributed by atoms with Gasteiger partial charge in [0.05, 0.1) is 11.0 Å². The molecule has 0 amide bonds. The lowest BCUT2D eigenvalue weighted by atomic mass is 10.3. The minimum atomic E-state index is -0.377. The lowest BCUT2D eigenvalue weighted by molar-refractivity contribution is 0.629. The van der Waals surface area contributed by atoms with E-state index in [1.807, 2.05) is 0 Å². The molecule has 3 aromatic rings. The standard InChI is InChI=1S/C10H6FN3O/c11-6-1-2-8-7(5-6)13-10(15)9-12-3-4-14(8)9/h1-5H,(H,13,15). The van der Waals surface area contributed by atoms with Crippen LogP contribution in [0.5, 0.6) is 0 Å². The molecular formula is C10H6FN3O. The van der Waals surface area contributed by atoms with Gasteiger partial charge in [0.1, 0.15) is 5.82 Å². The summed E-state index contributed by atoms with van der Waals surface area (Å²) >= 11 is 0. The van der Waals surface area contributed by atoms with Gasteiger partial charge in [0.25, 0.3) is 5.56 Å². The van der Waals surface area contributed by atoms with E-state index in [4.69, 9.17) is 0 Å². The van der Waals surface area contributed by atoms with Gasteiger partial charge < -0.3 is 4.98 Å². The molecule has 1 aromatic carbocycles. The molecule has 5 heteroatoms. The van der Waals surface area contributed by atoms with Crippen LogP contribution in [-0.2, 0) is 0 Å². The first-order chi connectivity index (χ1) is 7.25.